The number of hydrogen-bond acceptors (Lipinski definition) is 3. The van der Waals surface area contributed by atoms with E-state index in [0.717, 1.165) is 25.2 Å². The molecule has 0 saturated carbocycles. The van der Waals surface area contributed by atoms with Crippen LogP contribution in [0.4, 0.5) is 0 Å². The van der Waals surface area contributed by atoms with Crippen molar-refractivity contribution < 1.29 is 22.1 Å². The number of rotatable bonds is 6. The van der Waals surface area contributed by atoms with Gasteiger partial charge in [-0.3, -0.25) is 4.98 Å². The third-order valence-electron chi connectivity index (χ3n) is 2.97. The first-order valence-corrected chi connectivity index (χ1v) is 6.22. The molecular formula is C12H19ClN4O2. The van der Waals surface area contributed by atoms with Gasteiger partial charge in [-0.15, -0.1) is 0 Å². The second kappa shape index (κ2) is 7.16. The van der Waals surface area contributed by atoms with E-state index in [4.69, 9.17) is 4.74 Å². The van der Waals surface area contributed by atoms with Crippen LogP contribution in [0.15, 0.2) is 16.9 Å². The standard InChI is InChI=1S/C12H18N4O2.ClH/c1-3-16(4-2)7-8-18-10-6-5-9-11(14-10)15-12(17)13-9;/h5-6H,3-4,7-8H2,1-2H3,(H2,13,14,15,17);1H. The first-order valence-electron chi connectivity index (χ1n) is 6.22. The van der Waals surface area contributed by atoms with Crippen LogP contribution in [0.2, 0.25) is 0 Å². The van der Waals surface area contributed by atoms with E-state index in [1.807, 2.05) is 12.1 Å². The number of fused-ring (bicyclic) bond motifs is 1. The number of ether oxygens (including phenoxy) is 1. The number of imidazole rings is 1. The fourth-order valence-corrected chi connectivity index (χ4v) is 1.85. The van der Waals surface area contributed by atoms with Crippen LogP contribution in [0, 0.1) is 0 Å². The third-order valence-corrected chi connectivity index (χ3v) is 2.97. The normalized spacial score (nSPS) is 10.7. The van der Waals surface area contributed by atoms with Crippen LogP contribution in [-0.2, 0) is 0 Å². The molecule has 0 atom stereocenters. The zero-order chi connectivity index (χ0) is 13.0. The summed E-state index contributed by atoms with van der Waals surface area (Å²) in [4.78, 5) is 21.8. The van der Waals surface area contributed by atoms with Crippen molar-refractivity contribution in [2.24, 2.45) is 0 Å². The van der Waals surface area contributed by atoms with Crippen LogP contribution in [0.1, 0.15) is 13.8 Å². The number of pyridine rings is 1. The number of aromatic amines is 3. The van der Waals surface area contributed by atoms with Gasteiger partial charge in [-0.1, -0.05) is 13.8 Å². The van der Waals surface area contributed by atoms with Crippen molar-refractivity contribution >= 4 is 11.2 Å². The van der Waals surface area contributed by atoms with E-state index < -0.39 is 0 Å². The summed E-state index contributed by atoms with van der Waals surface area (Å²) in [6, 6.07) is 3.63. The highest BCUT2D eigenvalue weighted by atomic mass is 35.5. The van der Waals surface area contributed by atoms with Crippen molar-refractivity contribution in [3.63, 3.8) is 0 Å². The molecule has 7 heteroatoms. The van der Waals surface area contributed by atoms with Crippen molar-refractivity contribution in [3.8, 4) is 5.88 Å². The molecule has 106 valence electrons. The maximum absolute atomic E-state index is 11.1. The molecule has 0 aliphatic heterocycles. The monoisotopic (exact) mass is 286 g/mol. The Bertz CT molecular complexity index is 562. The van der Waals surface area contributed by atoms with Gasteiger partial charge < -0.3 is 22.0 Å². The second-order valence-corrected chi connectivity index (χ2v) is 4.07. The molecule has 0 saturated heterocycles. The Morgan fingerprint density at radius 1 is 1.26 bits per heavy atom. The highest BCUT2D eigenvalue weighted by Gasteiger charge is 2.08. The molecule has 0 unspecified atom stereocenters. The van der Waals surface area contributed by atoms with Gasteiger partial charge in [0, 0.05) is 12.6 Å². The van der Waals surface area contributed by atoms with Crippen LogP contribution in [0.25, 0.3) is 11.2 Å². The van der Waals surface area contributed by atoms with Gasteiger partial charge in [-0.05, 0) is 19.2 Å². The number of likely N-dealkylation sites (N-methyl/N-ethyl adjacent to an activating group) is 1. The molecule has 0 amide bonds. The molecule has 0 aliphatic carbocycles. The van der Waals surface area contributed by atoms with Gasteiger partial charge >= 0.3 is 11.3 Å². The SMILES string of the molecule is CCN(CC)CCOc1ccc2[nH]c(=O)[nH]c2[nH+]1.[Cl-]. The summed E-state index contributed by atoms with van der Waals surface area (Å²) in [7, 11) is 0. The quantitative estimate of drug-likeness (QED) is 0.611. The van der Waals surface area contributed by atoms with Crippen LogP contribution in [0.3, 0.4) is 0 Å². The van der Waals surface area contributed by atoms with E-state index >= 15 is 0 Å². The van der Waals surface area contributed by atoms with Gasteiger partial charge in [-0.25, -0.2) is 9.78 Å². The Kier molecular flexibility index (Phi) is 5.85. The Morgan fingerprint density at radius 3 is 2.68 bits per heavy atom. The molecule has 19 heavy (non-hydrogen) atoms. The van der Waals surface area contributed by atoms with Gasteiger partial charge in [0.15, 0.2) is 0 Å². The summed E-state index contributed by atoms with van der Waals surface area (Å²) < 4.78 is 5.62. The minimum atomic E-state index is -0.221. The van der Waals surface area contributed by atoms with Gasteiger partial charge in [-0.2, -0.15) is 4.98 Å². The molecule has 0 fully saturated rings. The minimum absolute atomic E-state index is 0. The van der Waals surface area contributed by atoms with Gasteiger partial charge in [0.05, 0.1) is 0 Å². The Labute approximate surface area is 117 Å². The van der Waals surface area contributed by atoms with E-state index in [9.17, 15) is 4.79 Å². The minimum Gasteiger partial charge on any atom is -1.00 e. The van der Waals surface area contributed by atoms with Crippen molar-refractivity contribution in [3.05, 3.63) is 22.6 Å². The average Bonchev–Trinajstić information content (AvgIpc) is 2.74. The Morgan fingerprint density at radius 2 is 2.00 bits per heavy atom. The summed E-state index contributed by atoms with van der Waals surface area (Å²) >= 11 is 0. The number of nitrogens with one attached hydrogen (secondary N) is 3. The lowest BCUT2D eigenvalue weighted by Gasteiger charge is -2.17. The van der Waals surface area contributed by atoms with E-state index in [2.05, 4.69) is 33.7 Å². The molecule has 2 heterocycles. The number of aromatic nitrogens is 3. The number of hydrogen-bond donors (Lipinski definition) is 2. The second-order valence-electron chi connectivity index (χ2n) is 4.07. The van der Waals surface area contributed by atoms with Crippen LogP contribution in [0.5, 0.6) is 5.88 Å². The van der Waals surface area contributed by atoms with Crippen LogP contribution < -0.4 is 27.8 Å². The summed E-state index contributed by atoms with van der Waals surface area (Å²) in [6.07, 6.45) is 0. The Balaban J connectivity index is 0.00000180. The molecule has 2 aromatic heterocycles. The molecule has 0 radical (unpaired) electrons. The van der Waals surface area contributed by atoms with E-state index in [0.29, 0.717) is 18.1 Å². The number of nitrogens with zero attached hydrogens (tertiary/aromatic N) is 1. The lowest BCUT2D eigenvalue weighted by atomic mass is 10.4. The molecular weight excluding hydrogens is 268 g/mol. The van der Waals surface area contributed by atoms with E-state index in [1.165, 1.54) is 0 Å². The van der Waals surface area contributed by atoms with E-state index in [-0.39, 0.29) is 18.1 Å². The maximum Gasteiger partial charge on any atom is 0.411 e. The molecule has 0 spiro atoms. The summed E-state index contributed by atoms with van der Waals surface area (Å²) in [5, 5.41) is 0. The lowest BCUT2D eigenvalue weighted by molar-refractivity contribution is -0.365. The van der Waals surface area contributed by atoms with Gasteiger partial charge in [0.25, 0.3) is 5.88 Å². The molecule has 2 rings (SSSR count). The molecule has 0 aliphatic rings. The number of halogens is 1. The molecule has 2 aromatic rings. The molecule has 0 aromatic carbocycles. The molecule has 3 N–H and O–H groups in total. The number of H-pyrrole nitrogens is 3. The highest BCUT2D eigenvalue weighted by molar-refractivity contribution is 5.65. The topological polar surface area (TPSA) is 75.3 Å². The molecule has 6 nitrogen and oxygen atoms in total. The summed E-state index contributed by atoms with van der Waals surface area (Å²) in [5.74, 6) is 0.657. The van der Waals surface area contributed by atoms with Crippen molar-refractivity contribution in [1.82, 2.24) is 14.9 Å². The average molecular weight is 287 g/mol. The van der Waals surface area contributed by atoms with Crippen molar-refractivity contribution in [1.29, 1.82) is 0 Å². The fourth-order valence-electron chi connectivity index (χ4n) is 1.85. The van der Waals surface area contributed by atoms with Crippen LogP contribution >= 0.6 is 0 Å². The van der Waals surface area contributed by atoms with Crippen LogP contribution in [-0.4, -0.2) is 41.1 Å². The first kappa shape index (κ1) is 15.5. The van der Waals surface area contributed by atoms with Crippen molar-refractivity contribution in [2.45, 2.75) is 13.8 Å². The Hall–Kier alpha value is -1.53. The van der Waals surface area contributed by atoms with Gasteiger partial charge in [0.2, 0.25) is 0 Å². The lowest BCUT2D eigenvalue weighted by Crippen LogP contribution is -3.00. The third kappa shape index (κ3) is 3.97. The predicted molar refractivity (Wildman–Crippen MR) is 68.8 cm³/mol. The first-order chi connectivity index (χ1) is 8.72. The van der Waals surface area contributed by atoms with Gasteiger partial charge in [0.1, 0.15) is 12.1 Å². The smallest absolute Gasteiger partial charge is 0.411 e. The van der Waals surface area contributed by atoms with Crippen molar-refractivity contribution in [2.75, 3.05) is 26.2 Å². The fraction of sp³-hybridized carbons (Fsp3) is 0.500. The summed E-state index contributed by atoms with van der Waals surface area (Å²) in [6.45, 7) is 7.82. The molecule has 0 bridgehead atoms. The maximum atomic E-state index is 11.1. The largest absolute Gasteiger partial charge is 1.00 e. The zero-order valence-corrected chi connectivity index (χ0v) is 11.9. The predicted octanol–water partition coefficient (Wildman–Crippen LogP) is -2.61. The highest BCUT2D eigenvalue weighted by Crippen LogP contribution is 2.06. The zero-order valence-electron chi connectivity index (χ0n) is 11.1. The van der Waals surface area contributed by atoms with E-state index in [1.54, 1.807) is 0 Å². The summed E-state index contributed by atoms with van der Waals surface area (Å²) in [5.41, 5.74) is 1.18.